The summed E-state index contributed by atoms with van der Waals surface area (Å²) in [4.78, 5) is 2.13. The Hall–Kier alpha value is -0.680. The average Bonchev–Trinajstić information content (AvgIpc) is 2.54. The van der Waals surface area contributed by atoms with Gasteiger partial charge in [0.1, 0.15) is 0 Å². The molecule has 1 fully saturated rings. The van der Waals surface area contributed by atoms with Crippen molar-refractivity contribution in [3.05, 3.63) is 28.7 Å². The van der Waals surface area contributed by atoms with Gasteiger partial charge in [-0.2, -0.15) is 0 Å². The van der Waals surface area contributed by atoms with E-state index in [0.717, 1.165) is 16.7 Å². The molecule has 0 saturated carbocycles. The maximum atomic E-state index is 12.9. The van der Waals surface area contributed by atoms with Gasteiger partial charge in [-0.15, -0.1) is 0 Å². The topological polar surface area (TPSA) is 29.3 Å². The van der Waals surface area contributed by atoms with Gasteiger partial charge in [0.15, 0.2) is 0 Å². The molecule has 0 radical (unpaired) electrons. The Labute approximate surface area is 114 Å². The van der Waals surface area contributed by atoms with Crippen LogP contribution in [0.4, 0.5) is 14.5 Å². The normalized spacial score (nSPS) is 25.3. The van der Waals surface area contributed by atoms with Crippen molar-refractivity contribution in [2.75, 3.05) is 18.0 Å². The van der Waals surface area contributed by atoms with E-state index in [-0.39, 0.29) is 0 Å². The molecule has 18 heavy (non-hydrogen) atoms. The summed E-state index contributed by atoms with van der Waals surface area (Å²) in [6, 6.07) is 7.91. The molecular formula is C13H17BrF2N2. The number of nitrogens with zero attached hydrogens (tertiary/aromatic N) is 1. The molecule has 1 aliphatic heterocycles. The minimum Gasteiger partial charge on any atom is -0.371 e. The summed E-state index contributed by atoms with van der Waals surface area (Å²) >= 11 is 3.38. The van der Waals surface area contributed by atoms with Gasteiger partial charge in [0.05, 0.1) is 5.54 Å². The van der Waals surface area contributed by atoms with Crippen LogP contribution in [-0.2, 0) is 0 Å². The Morgan fingerprint density at radius 1 is 1.17 bits per heavy atom. The van der Waals surface area contributed by atoms with Gasteiger partial charge in [-0.3, -0.25) is 0 Å². The van der Waals surface area contributed by atoms with Gasteiger partial charge < -0.3 is 10.6 Å². The van der Waals surface area contributed by atoms with Crippen LogP contribution in [0.1, 0.15) is 19.3 Å². The summed E-state index contributed by atoms with van der Waals surface area (Å²) in [6.45, 7) is 1.37. The molecule has 0 spiro atoms. The predicted molar refractivity (Wildman–Crippen MR) is 73.1 cm³/mol. The van der Waals surface area contributed by atoms with Gasteiger partial charge in [0.25, 0.3) is 6.43 Å². The Morgan fingerprint density at radius 3 is 2.44 bits per heavy atom. The van der Waals surface area contributed by atoms with Crippen molar-refractivity contribution in [3.8, 4) is 0 Å². The lowest BCUT2D eigenvalue weighted by Crippen LogP contribution is -2.47. The van der Waals surface area contributed by atoms with E-state index in [9.17, 15) is 8.78 Å². The van der Waals surface area contributed by atoms with Gasteiger partial charge in [-0.05, 0) is 43.5 Å². The van der Waals surface area contributed by atoms with Gasteiger partial charge in [0.2, 0.25) is 0 Å². The van der Waals surface area contributed by atoms with E-state index in [1.54, 1.807) is 0 Å². The Balaban J connectivity index is 2.07. The van der Waals surface area contributed by atoms with E-state index in [0.29, 0.717) is 25.8 Å². The second-order valence-corrected chi connectivity index (χ2v) is 5.77. The molecule has 1 aliphatic rings. The molecular weight excluding hydrogens is 302 g/mol. The number of anilines is 1. The highest BCUT2D eigenvalue weighted by Gasteiger charge is 2.37. The standard InChI is InChI=1S/C13H17BrF2N2/c14-10-2-4-11(5-3-10)18-8-1-6-13(17,7-9-18)12(15)16/h2-5,12H,1,6-9,17H2. The van der Waals surface area contributed by atoms with Gasteiger partial charge in [0, 0.05) is 23.2 Å². The highest BCUT2D eigenvalue weighted by Crippen LogP contribution is 2.29. The van der Waals surface area contributed by atoms with Crippen molar-refractivity contribution in [2.45, 2.75) is 31.2 Å². The lowest BCUT2D eigenvalue weighted by Gasteiger charge is -2.27. The van der Waals surface area contributed by atoms with Crippen molar-refractivity contribution in [1.82, 2.24) is 0 Å². The lowest BCUT2D eigenvalue weighted by atomic mass is 9.92. The van der Waals surface area contributed by atoms with Crippen molar-refractivity contribution in [1.29, 1.82) is 0 Å². The van der Waals surface area contributed by atoms with Crippen LogP contribution in [0.5, 0.6) is 0 Å². The smallest absolute Gasteiger partial charge is 0.256 e. The summed E-state index contributed by atoms with van der Waals surface area (Å²) in [5, 5.41) is 0. The number of rotatable bonds is 2. The van der Waals surface area contributed by atoms with Crippen molar-refractivity contribution in [2.24, 2.45) is 5.73 Å². The molecule has 1 atom stereocenters. The zero-order chi connectivity index (χ0) is 13.2. The number of hydrogen-bond acceptors (Lipinski definition) is 2. The van der Waals surface area contributed by atoms with E-state index in [1.165, 1.54) is 0 Å². The molecule has 1 unspecified atom stereocenters. The third-order valence-electron chi connectivity index (χ3n) is 3.54. The van der Waals surface area contributed by atoms with Gasteiger partial charge >= 0.3 is 0 Å². The third kappa shape index (κ3) is 3.01. The molecule has 2 nitrogen and oxygen atoms in total. The number of benzene rings is 1. The minimum atomic E-state index is -2.44. The first-order valence-corrected chi connectivity index (χ1v) is 6.88. The third-order valence-corrected chi connectivity index (χ3v) is 4.07. The number of nitrogens with two attached hydrogens (primary N) is 1. The van der Waals surface area contributed by atoms with E-state index in [4.69, 9.17) is 5.73 Å². The SMILES string of the molecule is NC1(C(F)F)CCCN(c2ccc(Br)cc2)CC1. The van der Waals surface area contributed by atoms with Crippen LogP contribution < -0.4 is 10.6 Å². The molecule has 0 aliphatic carbocycles. The molecule has 0 aromatic heterocycles. The number of hydrogen-bond donors (Lipinski definition) is 1. The monoisotopic (exact) mass is 318 g/mol. The first-order chi connectivity index (χ1) is 8.51. The van der Waals surface area contributed by atoms with Crippen LogP contribution in [-0.4, -0.2) is 25.1 Å². The molecule has 1 aromatic rings. The van der Waals surface area contributed by atoms with Crippen LogP contribution in [0, 0.1) is 0 Å². The second kappa shape index (κ2) is 5.53. The Bertz CT molecular complexity index is 396. The first-order valence-electron chi connectivity index (χ1n) is 6.09. The summed E-state index contributed by atoms with van der Waals surface area (Å²) < 4.78 is 26.9. The number of alkyl halides is 2. The van der Waals surface area contributed by atoms with E-state index >= 15 is 0 Å². The first kappa shape index (κ1) is 13.7. The van der Waals surface area contributed by atoms with Gasteiger partial charge in [-0.25, -0.2) is 8.78 Å². The summed E-state index contributed by atoms with van der Waals surface area (Å²) in [5.74, 6) is 0. The van der Waals surface area contributed by atoms with E-state index in [2.05, 4.69) is 20.8 Å². The van der Waals surface area contributed by atoms with Crippen molar-refractivity contribution in [3.63, 3.8) is 0 Å². The second-order valence-electron chi connectivity index (χ2n) is 4.85. The zero-order valence-electron chi connectivity index (χ0n) is 10.1. The lowest BCUT2D eigenvalue weighted by molar-refractivity contribution is 0.0466. The minimum absolute atomic E-state index is 0.334. The maximum absolute atomic E-state index is 12.9. The Kier molecular flexibility index (Phi) is 4.22. The largest absolute Gasteiger partial charge is 0.371 e. The van der Waals surface area contributed by atoms with Gasteiger partial charge in [-0.1, -0.05) is 15.9 Å². The zero-order valence-corrected chi connectivity index (χ0v) is 11.7. The van der Waals surface area contributed by atoms with Crippen LogP contribution in [0.15, 0.2) is 28.7 Å². The molecule has 1 aromatic carbocycles. The molecule has 0 amide bonds. The molecule has 2 N–H and O–H groups in total. The van der Waals surface area contributed by atoms with Crippen LogP contribution in [0.2, 0.25) is 0 Å². The highest BCUT2D eigenvalue weighted by molar-refractivity contribution is 9.10. The predicted octanol–water partition coefficient (Wildman–Crippen LogP) is 3.40. The van der Waals surface area contributed by atoms with Crippen molar-refractivity contribution >= 4 is 21.6 Å². The average molecular weight is 319 g/mol. The fraction of sp³-hybridized carbons (Fsp3) is 0.538. The summed E-state index contributed by atoms with van der Waals surface area (Å²) in [7, 11) is 0. The quantitative estimate of drug-likeness (QED) is 0.905. The molecule has 5 heteroatoms. The Morgan fingerprint density at radius 2 is 1.83 bits per heavy atom. The van der Waals surface area contributed by atoms with Crippen LogP contribution in [0.25, 0.3) is 0 Å². The van der Waals surface area contributed by atoms with E-state index < -0.39 is 12.0 Å². The summed E-state index contributed by atoms with van der Waals surface area (Å²) in [6.07, 6.45) is -1.02. The number of halogens is 3. The fourth-order valence-electron chi connectivity index (χ4n) is 2.31. The van der Waals surface area contributed by atoms with Crippen LogP contribution >= 0.6 is 15.9 Å². The summed E-state index contributed by atoms with van der Waals surface area (Å²) in [5.41, 5.74) is 5.53. The highest BCUT2D eigenvalue weighted by atomic mass is 79.9. The fourth-order valence-corrected chi connectivity index (χ4v) is 2.57. The molecule has 1 heterocycles. The molecule has 0 bridgehead atoms. The van der Waals surface area contributed by atoms with Crippen molar-refractivity contribution < 1.29 is 8.78 Å². The van der Waals surface area contributed by atoms with E-state index in [1.807, 2.05) is 24.3 Å². The molecule has 100 valence electrons. The van der Waals surface area contributed by atoms with Crippen LogP contribution in [0.3, 0.4) is 0 Å². The molecule has 2 rings (SSSR count). The molecule has 1 saturated heterocycles. The maximum Gasteiger partial charge on any atom is 0.256 e.